The zero-order valence-corrected chi connectivity index (χ0v) is 10.1. The van der Waals surface area contributed by atoms with Crippen molar-refractivity contribution in [1.29, 1.82) is 0 Å². The van der Waals surface area contributed by atoms with Crippen molar-refractivity contribution in [3.63, 3.8) is 0 Å². The Morgan fingerprint density at radius 1 is 1.23 bits per heavy atom. The van der Waals surface area contributed by atoms with Gasteiger partial charge in [0.05, 0.1) is 5.60 Å². The monoisotopic (exact) mass is 242 g/mol. The average Bonchev–Trinajstić information content (AvgIpc) is 1.98. The minimum absolute atomic E-state index is 0.764. The molecule has 0 atom stereocenters. The molecule has 1 nitrogen and oxygen atoms in total. The Morgan fingerprint density at radius 3 is 2.23 bits per heavy atom. The minimum Gasteiger partial charge on any atom is -0.386 e. The maximum atomic E-state index is 9.86. The second-order valence-electron chi connectivity index (χ2n) is 3.93. The van der Waals surface area contributed by atoms with Gasteiger partial charge in [-0.1, -0.05) is 28.1 Å². The third kappa shape index (κ3) is 2.12. The third-order valence-corrected chi connectivity index (χ3v) is 3.46. The molecule has 1 aromatic rings. The Bertz CT molecular complexity index is 324. The molecular weight excluding hydrogens is 228 g/mol. The second kappa shape index (κ2) is 3.43. The lowest BCUT2D eigenvalue weighted by Crippen LogP contribution is -2.17. The predicted molar refractivity (Wildman–Crippen MR) is 58.9 cm³/mol. The minimum atomic E-state index is -0.764. The zero-order valence-electron chi connectivity index (χ0n) is 8.48. The summed E-state index contributed by atoms with van der Waals surface area (Å²) < 4.78 is 1.09. The van der Waals surface area contributed by atoms with E-state index in [1.165, 1.54) is 5.56 Å². The van der Waals surface area contributed by atoms with Crippen LogP contribution in [0.5, 0.6) is 0 Å². The van der Waals surface area contributed by atoms with E-state index < -0.39 is 5.60 Å². The van der Waals surface area contributed by atoms with Gasteiger partial charge in [0.25, 0.3) is 0 Å². The number of benzene rings is 1. The maximum Gasteiger partial charge on any atom is 0.0843 e. The lowest BCUT2D eigenvalue weighted by Gasteiger charge is -2.21. The van der Waals surface area contributed by atoms with Gasteiger partial charge in [-0.05, 0) is 44.4 Å². The van der Waals surface area contributed by atoms with Crippen LogP contribution in [0, 0.1) is 13.8 Å². The first-order chi connectivity index (χ1) is 5.84. The normalized spacial score (nSPS) is 11.8. The fourth-order valence-electron chi connectivity index (χ4n) is 1.48. The van der Waals surface area contributed by atoms with Crippen molar-refractivity contribution >= 4 is 15.9 Å². The van der Waals surface area contributed by atoms with E-state index in [1.54, 1.807) is 13.8 Å². The quantitative estimate of drug-likeness (QED) is 0.802. The highest BCUT2D eigenvalue weighted by Crippen LogP contribution is 2.30. The van der Waals surface area contributed by atoms with E-state index in [9.17, 15) is 5.11 Å². The van der Waals surface area contributed by atoms with Crippen molar-refractivity contribution in [2.24, 2.45) is 0 Å². The van der Waals surface area contributed by atoms with Crippen molar-refractivity contribution in [3.8, 4) is 0 Å². The van der Waals surface area contributed by atoms with Crippen molar-refractivity contribution in [2.45, 2.75) is 33.3 Å². The van der Waals surface area contributed by atoms with Crippen LogP contribution in [-0.2, 0) is 5.60 Å². The smallest absolute Gasteiger partial charge is 0.0843 e. The molecule has 0 bridgehead atoms. The molecule has 13 heavy (non-hydrogen) atoms. The first-order valence-corrected chi connectivity index (χ1v) is 5.12. The largest absolute Gasteiger partial charge is 0.386 e. The van der Waals surface area contributed by atoms with E-state index in [4.69, 9.17) is 0 Å². The number of aliphatic hydroxyl groups is 1. The van der Waals surface area contributed by atoms with Crippen molar-refractivity contribution < 1.29 is 5.11 Å². The molecule has 0 spiro atoms. The van der Waals surface area contributed by atoms with Gasteiger partial charge in [0.2, 0.25) is 0 Å². The maximum absolute atomic E-state index is 9.86. The van der Waals surface area contributed by atoms with Crippen LogP contribution in [0.15, 0.2) is 16.6 Å². The lowest BCUT2D eigenvalue weighted by atomic mass is 9.93. The Hall–Kier alpha value is -0.340. The summed E-state index contributed by atoms with van der Waals surface area (Å²) in [7, 11) is 0. The number of rotatable bonds is 1. The van der Waals surface area contributed by atoms with Crippen LogP contribution < -0.4 is 0 Å². The van der Waals surface area contributed by atoms with Crippen molar-refractivity contribution in [1.82, 2.24) is 0 Å². The second-order valence-corrected chi connectivity index (χ2v) is 4.72. The predicted octanol–water partition coefficient (Wildman–Crippen LogP) is 3.29. The number of aryl methyl sites for hydroxylation is 1. The van der Waals surface area contributed by atoms with E-state index in [1.807, 2.05) is 26.0 Å². The van der Waals surface area contributed by atoms with E-state index in [0.29, 0.717) is 0 Å². The fraction of sp³-hybridized carbons (Fsp3) is 0.455. The molecule has 0 aromatic heterocycles. The van der Waals surface area contributed by atoms with Crippen molar-refractivity contribution in [3.05, 3.63) is 33.3 Å². The molecule has 1 rings (SSSR count). The highest BCUT2D eigenvalue weighted by Gasteiger charge is 2.19. The number of hydrogen-bond acceptors (Lipinski definition) is 1. The summed E-state index contributed by atoms with van der Waals surface area (Å²) in [5.41, 5.74) is 2.53. The van der Waals surface area contributed by atoms with Gasteiger partial charge in [0.15, 0.2) is 0 Å². The molecule has 0 heterocycles. The van der Waals surface area contributed by atoms with Gasteiger partial charge >= 0.3 is 0 Å². The van der Waals surface area contributed by atoms with Crippen LogP contribution in [-0.4, -0.2) is 5.11 Å². The van der Waals surface area contributed by atoms with Crippen LogP contribution in [0.3, 0.4) is 0 Å². The van der Waals surface area contributed by atoms with Crippen LogP contribution in [0.2, 0.25) is 0 Å². The first kappa shape index (κ1) is 10.7. The van der Waals surface area contributed by atoms with E-state index in [2.05, 4.69) is 15.9 Å². The molecule has 72 valence electrons. The van der Waals surface area contributed by atoms with Gasteiger partial charge in [-0.15, -0.1) is 0 Å². The number of hydrogen-bond donors (Lipinski definition) is 1. The summed E-state index contributed by atoms with van der Waals surface area (Å²) in [5, 5.41) is 9.86. The molecule has 0 fully saturated rings. The fourth-order valence-corrected chi connectivity index (χ4v) is 1.83. The highest BCUT2D eigenvalue weighted by atomic mass is 79.9. The Labute approximate surface area is 87.9 Å². The molecule has 0 unspecified atom stereocenters. The van der Waals surface area contributed by atoms with Crippen LogP contribution in [0.1, 0.15) is 30.5 Å². The third-order valence-electron chi connectivity index (χ3n) is 2.24. The molecule has 0 aliphatic carbocycles. The van der Waals surface area contributed by atoms with Crippen LogP contribution >= 0.6 is 15.9 Å². The van der Waals surface area contributed by atoms with Gasteiger partial charge in [0, 0.05) is 4.47 Å². The topological polar surface area (TPSA) is 20.2 Å². The Morgan fingerprint density at radius 2 is 1.77 bits per heavy atom. The zero-order chi connectivity index (χ0) is 10.2. The average molecular weight is 243 g/mol. The summed E-state index contributed by atoms with van der Waals surface area (Å²) >= 11 is 3.51. The standard InChI is InChI=1S/C11H15BrO/c1-7-5-6-9(11(3,4)13)8(2)10(7)12/h5-6,13H,1-4H3. The lowest BCUT2D eigenvalue weighted by molar-refractivity contribution is 0.0778. The molecule has 1 N–H and O–H groups in total. The highest BCUT2D eigenvalue weighted by molar-refractivity contribution is 9.10. The van der Waals surface area contributed by atoms with Crippen LogP contribution in [0.25, 0.3) is 0 Å². The Kier molecular flexibility index (Phi) is 2.83. The summed E-state index contributed by atoms with van der Waals surface area (Å²) in [6.07, 6.45) is 0. The van der Waals surface area contributed by atoms with Crippen molar-refractivity contribution in [2.75, 3.05) is 0 Å². The molecule has 0 amide bonds. The molecule has 2 heteroatoms. The molecule has 1 aromatic carbocycles. The molecule has 0 aliphatic rings. The molecule has 0 radical (unpaired) electrons. The molecular formula is C11H15BrO. The summed E-state index contributed by atoms with van der Waals surface area (Å²) in [6.45, 7) is 7.67. The van der Waals surface area contributed by atoms with Gasteiger partial charge in [-0.3, -0.25) is 0 Å². The molecule has 0 saturated heterocycles. The summed E-state index contributed by atoms with van der Waals surface area (Å²) in [6, 6.07) is 4.00. The van der Waals surface area contributed by atoms with Gasteiger partial charge in [-0.2, -0.15) is 0 Å². The SMILES string of the molecule is Cc1ccc(C(C)(C)O)c(C)c1Br. The van der Waals surface area contributed by atoms with Gasteiger partial charge < -0.3 is 5.11 Å². The van der Waals surface area contributed by atoms with E-state index in [-0.39, 0.29) is 0 Å². The van der Waals surface area contributed by atoms with E-state index in [0.717, 1.165) is 15.6 Å². The summed E-state index contributed by atoms with van der Waals surface area (Å²) in [5.74, 6) is 0. The van der Waals surface area contributed by atoms with Crippen LogP contribution in [0.4, 0.5) is 0 Å². The number of halogens is 1. The summed E-state index contributed by atoms with van der Waals surface area (Å²) in [4.78, 5) is 0. The van der Waals surface area contributed by atoms with Gasteiger partial charge in [0.1, 0.15) is 0 Å². The first-order valence-electron chi connectivity index (χ1n) is 4.32. The molecule has 0 aliphatic heterocycles. The van der Waals surface area contributed by atoms with E-state index >= 15 is 0 Å². The Balaban J connectivity index is 3.35. The molecule has 0 saturated carbocycles. The van der Waals surface area contributed by atoms with Gasteiger partial charge in [-0.25, -0.2) is 0 Å².